The minimum absolute atomic E-state index is 0.239. The van der Waals surface area contributed by atoms with Crippen molar-refractivity contribution >= 4 is 23.4 Å². The molecule has 1 aliphatic rings. The van der Waals surface area contributed by atoms with Crippen molar-refractivity contribution in [1.29, 1.82) is 0 Å². The smallest absolute Gasteiger partial charge is 0.234 e. The Morgan fingerprint density at radius 1 is 1.40 bits per heavy atom. The van der Waals surface area contributed by atoms with E-state index in [-0.39, 0.29) is 18.2 Å². The first kappa shape index (κ1) is 15.0. The van der Waals surface area contributed by atoms with Crippen LogP contribution in [0.25, 0.3) is 0 Å². The summed E-state index contributed by atoms with van der Waals surface area (Å²) in [5, 5.41) is 2.96. The van der Waals surface area contributed by atoms with Gasteiger partial charge in [0.1, 0.15) is 0 Å². The lowest BCUT2D eigenvalue weighted by Crippen LogP contribution is -2.50. The van der Waals surface area contributed by atoms with Crippen LogP contribution in [0.15, 0.2) is 24.3 Å². The third-order valence-corrected chi connectivity index (χ3v) is 4.22. The number of methoxy groups -OCH3 is 1. The first-order valence-electron chi connectivity index (χ1n) is 6.55. The summed E-state index contributed by atoms with van der Waals surface area (Å²) in [4.78, 5) is 24.0. The fourth-order valence-electron chi connectivity index (χ4n) is 2.83. The standard InChI is InChI=1S/C15H18ClNO3/c1-15(7-8-20-2)9-12(18)17-14(19)13(15)10-5-3-4-6-11(10)16/h3-6,13H,7-9H2,1-2H3,(H,17,18,19). The molecule has 1 saturated heterocycles. The summed E-state index contributed by atoms with van der Waals surface area (Å²) in [7, 11) is 1.61. The highest BCUT2D eigenvalue weighted by molar-refractivity contribution is 6.31. The Hall–Kier alpha value is -1.39. The van der Waals surface area contributed by atoms with Gasteiger partial charge in [-0.1, -0.05) is 36.7 Å². The normalized spacial score (nSPS) is 26.4. The second-order valence-electron chi connectivity index (χ2n) is 5.44. The largest absolute Gasteiger partial charge is 0.385 e. The maximum atomic E-state index is 12.3. The van der Waals surface area contributed by atoms with Crippen molar-refractivity contribution in [2.24, 2.45) is 5.41 Å². The van der Waals surface area contributed by atoms with Gasteiger partial charge in [0.2, 0.25) is 11.8 Å². The third-order valence-electron chi connectivity index (χ3n) is 3.88. The molecule has 2 amide bonds. The fourth-order valence-corrected chi connectivity index (χ4v) is 3.08. The number of hydrogen-bond donors (Lipinski definition) is 1. The van der Waals surface area contributed by atoms with Gasteiger partial charge in [0.15, 0.2) is 0 Å². The van der Waals surface area contributed by atoms with E-state index in [1.807, 2.05) is 25.1 Å². The number of ether oxygens (including phenoxy) is 1. The zero-order valence-corrected chi connectivity index (χ0v) is 12.4. The molecule has 1 aliphatic heterocycles. The average molecular weight is 296 g/mol. The van der Waals surface area contributed by atoms with Crippen LogP contribution in [0, 0.1) is 5.41 Å². The third kappa shape index (κ3) is 2.86. The molecule has 1 N–H and O–H groups in total. The second kappa shape index (κ2) is 5.94. The van der Waals surface area contributed by atoms with Gasteiger partial charge in [-0.25, -0.2) is 0 Å². The molecule has 0 bridgehead atoms. The van der Waals surface area contributed by atoms with E-state index in [0.29, 0.717) is 18.1 Å². The fraction of sp³-hybridized carbons (Fsp3) is 0.467. The van der Waals surface area contributed by atoms with Gasteiger partial charge in [0.05, 0.1) is 5.92 Å². The molecule has 1 fully saturated rings. The topological polar surface area (TPSA) is 55.4 Å². The van der Waals surface area contributed by atoms with Crippen LogP contribution in [0.4, 0.5) is 0 Å². The lowest BCUT2D eigenvalue weighted by Gasteiger charge is -2.40. The van der Waals surface area contributed by atoms with Crippen molar-refractivity contribution < 1.29 is 14.3 Å². The summed E-state index contributed by atoms with van der Waals surface area (Å²) in [6, 6.07) is 7.27. The Balaban J connectivity index is 2.42. The van der Waals surface area contributed by atoms with Crippen LogP contribution >= 0.6 is 11.6 Å². The Morgan fingerprint density at radius 3 is 2.75 bits per heavy atom. The molecule has 2 unspecified atom stereocenters. The van der Waals surface area contributed by atoms with Crippen LogP contribution in [0.3, 0.4) is 0 Å². The van der Waals surface area contributed by atoms with Gasteiger partial charge in [-0.15, -0.1) is 0 Å². The molecule has 2 atom stereocenters. The summed E-state index contributed by atoms with van der Waals surface area (Å²) in [5.74, 6) is -0.964. The number of halogens is 1. The molecular weight excluding hydrogens is 278 g/mol. The summed E-state index contributed by atoms with van der Waals surface area (Å²) in [5.41, 5.74) is 0.276. The number of carbonyl (C=O) groups excluding carboxylic acids is 2. The highest BCUT2D eigenvalue weighted by Gasteiger charge is 2.46. The Morgan fingerprint density at radius 2 is 2.10 bits per heavy atom. The predicted molar refractivity (Wildman–Crippen MR) is 76.6 cm³/mol. The van der Waals surface area contributed by atoms with Gasteiger partial charge in [-0.05, 0) is 23.5 Å². The number of rotatable bonds is 4. The van der Waals surface area contributed by atoms with E-state index in [9.17, 15) is 9.59 Å². The number of benzene rings is 1. The lowest BCUT2D eigenvalue weighted by atomic mass is 9.67. The van der Waals surface area contributed by atoms with E-state index in [2.05, 4.69) is 5.32 Å². The number of carbonyl (C=O) groups is 2. The number of amides is 2. The van der Waals surface area contributed by atoms with E-state index in [0.717, 1.165) is 5.56 Å². The van der Waals surface area contributed by atoms with Gasteiger partial charge < -0.3 is 4.74 Å². The Labute approximate surface area is 123 Å². The molecule has 20 heavy (non-hydrogen) atoms. The van der Waals surface area contributed by atoms with Crippen molar-refractivity contribution in [2.75, 3.05) is 13.7 Å². The van der Waals surface area contributed by atoms with Crippen molar-refractivity contribution in [2.45, 2.75) is 25.7 Å². The quantitative estimate of drug-likeness (QED) is 0.868. The molecule has 4 nitrogen and oxygen atoms in total. The highest BCUT2D eigenvalue weighted by Crippen LogP contribution is 2.46. The van der Waals surface area contributed by atoms with E-state index >= 15 is 0 Å². The number of nitrogens with one attached hydrogen (secondary N) is 1. The van der Waals surface area contributed by atoms with Crippen molar-refractivity contribution in [3.8, 4) is 0 Å². The molecule has 1 heterocycles. The molecular formula is C15H18ClNO3. The molecule has 108 valence electrons. The van der Waals surface area contributed by atoms with Crippen molar-refractivity contribution in [3.63, 3.8) is 0 Å². The van der Waals surface area contributed by atoms with E-state index < -0.39 is 11.3 Å². The van der Waals surface area contributed by atoms with Gasteiger partial charge in [0.25, 0.3) is 0 Å². The van der Waals surface area contributed by atoms with E-state index in [4.69, 9.17) is 16.3 Å². The summed E-state index contributed by atoms with van der Waals surface area (Å²) in [6.45, 7) is 2.44. The van der Waals surface area contributed by atoms with Gasteiger partial charge in [0, 0.05) is 25.2 Å². The van der Waals surface area contributed by atoms with Gasteiger partial charge >= 0.3 is 0 Å². The highest BCUT2D eigenvalue weighted by atomic mass is 35.5. The first-order chi connectivity index (χ1) is 9.48. The molecule has 0 saturated carbocycles. The van der Waals surface area contributed by atoms with Gasteiger partial charge in [-0.3, -0.25) is 14.9 Å². The van der Waals surface area contributed by atoms with E-state index in [1.54, 1.807) is 13.2 Å². The lowest BCUT2D eigenvalue weighted by molar-refractivity contribution is -0.140. The Bertz CT molecular complexity index is 532. The van der Waals surface area contributed by atoms with Crippen molar-refractivity contribution in [1.82, 2.24) is 5.32 Å². The van der Waals surface area contributed by atoms with Crippen LogP contribution in [-0.4, -0.2) is 25.5 Å². The number of hydrogen-bond acceptors (Lipinski definition) is 3. The number of piperidine rings is 1. The molecule has 0 spiro atoms. The van der Waals surface area contributed by atoms with Crippen LogP contribution in [0.2, 0.25) is 5.02 Å². The summed E-state index contributed by atoms with van der Waals surface area (Å²) >= 11 is 6.22. The monoisotopic (exact) mass is 295 g/mol. The summed E-state index contributed by atoms with van der Waals surface area (Å²) < 4.78 is 5.12. The zero-order chi connectivity index (χ0) is 14.8. The summed E-state index contributed by atoms with van der Waals surface area (Å²) in [6.07, 6.45) is 0.913. The maximum absolute atomic E-state index is 12.3. The Kier molecular flexibility index (Phi) is 4.45. The zero-order valence-electron chi connectivity index (χ0n) is 11.6. The first-order valence-corrected chi connectivity index (χ1v) is 6.93. The maximum Gasteiger partial charge on any atom is 0.234 e. The molecule has 0 aliphatic carbocycles. The van der Waals surface area contributed by atoms with Crippen LogP contribution in [-0.2, 0) is 14.3 Å². The molecule has 1 aromatic rings. The van der Waals surface area contributed by atoms with E-state index in [1.165, 1.54) is 0 Å². The molecule has 0 aromatic heterocycles. The molecule has 5 heteroatoms. The predicted octanol–water partition coefficient (Wildman–Crippen LogP) is 2.51. The molecule has 1 aromatic carbocycles. The minimum atomic E-state index is -0.486. The average Bonchev–Trinajstić information content (AvgIpc) is 2.37. The molecule has 0 radical (unpaired) electrons. The second-order valence-corrected chi connectivity index (χ2v) is 5.85. The molecule has 2 rings (SSSR count). The SMILES string of the molecule is COCCC1(C)CC(=O)NC(=O)C1c1ccccc1Cl. The van der Waals surface area contributed by atoms with Gasteiger partial charge in [-0.2, -0.15) is 0 Å². The van der Waals surface area contributed by atoms with Crippen LogP contribution in [0.1, 0.15) is 31.2 Å². The van der Waals surface area contributed by atoms with Crippen LogP contribution < -0.4 is 5.32 Å². The minimum Gasteiger partial charge on any atom is -0.385 e. The number of imide groups is 1. The van der Waals surface area contributed by atoms with Crippen LogP contribution in [0.5, 0.6) is 0 Å². The van der Waals surface area contributed by atoms with Crippen molar-refractivity contribution in [3.05, 3.63) is 34.9 Å².